The quantitative estimate of drug-likeness (QED) is 0.716. The Morgan fingerprint density at radius 2 is 2.33 bits per heavy atom. The number of aliphatic hydroxyl groups excluding tert-OH is 1. The zero-order valence-electron chi connectivity index (χ0n) is 9.44. The van der Waals surface area contributed by atoms with E-state index in [0.29, 0.717) is 31.1 Å². The Balaban J connectivity index is 2.07. The summed E-state index contributed by atoms with van der Waals surface area (Å²) >= 11 is 0. The maximum atomic E-state index is 10.9. The number of amides is 1. The number of fused-ring (bicyclic) bond motifs is 3. The summed E-state index contributed by atoms with van der Waals surface area (Å²) in [6.45, 7) is 0.497. The van der Waals surface area contributed by atoms with Crippen LogP contribution in [0.5, 0.6) is 0 Å². The van der Waals surface area contributed by atoms with Crippen LogP contribution in [0.25, 0.3) is 5.78 Å². The predicted molar refractivity (Wildman–Crippen MR) is 58.8 cm³/mol. The van der Waals surface area contributed by atoms with Gasteiger partial charge in [-0.2, -0.15) is 4.98 Å². The molecule has 3 heterocycles. The third kappa shape index (κ3) is 1.58. The maximum absolute atomic E-state index is 10.9. The van der Waals surface area contributed by atoms with E-state index >= 15 is 0 Å². The van der Waals surface area contributed by atoms with Crippen molar-refractivity contribution in [3.05, 3.63) is 23.3 Å². The van der Waals surface area contributed by atoms with Gasteiger partial charge >= 0.3 is 6.09 Å². The van der Waals surface area contributed by atoms with Crippen molar-refractivity contribution in [1.82, 2.24) is 24.5 Å². The maximum Gasteiger partial charge on any atom is 0.407 e. The minimum absolute atomic E-state index is 0.237. The molecule has 8 heteroatoms. The van der Waals surface area contributed by atoms with E-state index in [0.717, 1.165) is 11.3 Å². The van der Waals surface area contributed by atoms with Crippen LogP contribution in [0.1, 0.15) is 17.1 Å². The molecule has 1 aliphatic rings. The van der Waals surface area contributed by atoms with Crippen molar-refractivity contribution in [2.75, 3.05) is 6.54 Å². The van der Waals surface area contributed by atoms with Gasteiger partial charge in [0.15, 0.2) is 5.82 Å². The van der Waals surface area contributed by atoms with E-state index in [2.05, 4.69) is 15.1 Å². The van der Waals surface area contributed by atoms with Crippen molar-refractivity contribution < 1.29 is 15.0 Å². The molecule has 0 aliphatic carbocycles. The van der Waals surface area contributed by atoms with Crippen LogP contribution in [0.3, 0.4) is 0 Å². The molecule has 2 aromatic rings. The fourth-order valence-electron chi connectivity index (χ4n) is 2.11. The van der Waals surface area contributed by atoms with Crippen molar-refractivity contribution in [2.24, 2.45) is 0 Å². The first-order chi connectivity index (χ1) is 8.69. The van der Waals surface area contributed by atoms with Crippen LogP contribution in [0.2, 0.25) is 0 Å². The van der Waals surface area contributed by atoms with E-state index in [-0.39, 0.29) is 6.61 Å². The molecule has 0 bridgehead atoms. The summed E-state index contributed by atoms with van der Waals surface area (Å²) in [4.78, 5) is 20.4. The van der Waals surface area contributed by atoms with Gasteiger partial charge in [0, 0.05) is 24.7 Å². The summed E-state index contributed by atoms with van der Waals surface area (Å²) < 4.78 is 1.58. The minimum atomic E-state index is -0.935. The van der Waals surface area contributed by atoms with Crippen molar-refractivity contribution in [3.63, 3.8) is 0 Å². The molecule has 2 N–H and O–H groups in total. The van der Waals surface area contributed by atoms with E-state index in [1.54, 1.807) is 10.7 Å². The summed E-state index contributed by atoms with van der Waals surface area (Å²) in [7, 11) is 0. The molecule has 2 aromatic heterocycles. The van der Waals surface area contributed by atoms with Crippen molar-refractivity contribution in [1.29, 1.82) is 0 Å². The van der Waals surface area contributed by atoms with Crippen molar-refractivity contribution in [2.45, 2.75) is 19.6 Å². The number of carboxylic acid groups (broad SMARTS) is 1. The molecule has 0 atom stereocenters. The minimum Gasteiger partial charge on any atom is -0.465 e. The van der Waals surface area contributed by atoms with Crippen LogP contribution in [0.4, 0.5) is 4.79 Å². The Morgan fingerprint density at radius 1 is 1.50 bits per heavy atom. The highest BCUT2D eigenvalue weighted by Crippen LogP contribution is 2.18. The van der Waals surface area contributed by atoms with Crippen LogP contribution in [0.15, 0.2) is 6.20 Å². The fraction of sp³-hybridized carbons (Fsp3) is 0.400. The number of hydrogen-bond acceptors (Lipinski definition) is 5. The summed E-state index contributed by atoms with van der Waals surface area (Å²) in [6, 6.07) is 0. The number of carbonyl (C=O) groups is 1. The molecule has 0 spiro atoms. The molecule has 0 fully saturated rings. The molecule has 1 aliphatic heterocycles. The highest BCUT2D eigenvalue weighted by Gasteiger charge is 2.23. The standard InChI is InChI=1S/C10H11N5O3/c16-5-8-12-9-11-3-6-4-14(10(17)18)2-1-7(6)15(9)13-8/h3,16H,1-2,4-5H2,(H,17,18). The number of aromatic nitrogens is 4. The van der Waals surface area contributed by atoms with Gasteiger partial charge in [0.05, 0.1) is 12.2 Å². The summed E-state index contributed by atoms with van der Waals surface area (Å²) in [5, 5.41) is 22.1. The lowest BCUT2D eigenvalue weighted by molar-refractivity contribution is 0.139. The lowest BCUT2D eigenvalue weighted by Crippen LogP contribution is -2.35. The summed E-state index contributed by atoms with van der Waals surface area (Å²) in [5.41, 5.74) is 1.73. The molecule has 0 saturated heterocycles. The van der Waals surface area contributed by atoms with E-state index in [4.69, 9.17) is 10.2 Å². The third-order valence-electron chi connectivity index (χ3n) is 2.99. The average Bonchev–Trinajstić information content (AvgIpc) is 2.81. The van der Waals surface area contributed by atoms with Crippen LogP contribution in [-0.2, 0) is 19.6 Å². The second-order valence-corrected chi connectivity index (χ2v) is 4.08. The zero-order chi connectivity index (χ0) is 12.7. The lowest BCUT2D eigenvalue weighted by atomic mass is 10.1. The van der Waals surface area contributed by atoms with Crippen LogP contribution in [0, 0.1) is 0 Å². The Bertz CT molecular complexity index is 623. The van der Waals surface area contributed by atoms with Gasteiger partial charge in [-0.1, -0.05) is 0 Å². The molecule has 8 nitrogen and oxygen atoms in total. The number of aliphatic hydroxyl groups is 1. The predicted octanol–water partition coefficient (Wildman–Crippen LogP) is -0.347. The topological polar surface area (TPSA) is 104 Å². The molecule has 3 rings (SSSR count). The molecule has 94 valence electrons. The normalized spacial score (nSPS) is 14.8. The second-order valence-electron chi connectivity index (χ2n) is 4.08. The molecule has 0 unspecified atom stereocenters. The Hall–Kier alpha value is -2.22. The van der Waals surface area contributed by atoms with Gasteiger partial charge in [0.25, 0.3) is 5.78 Å². The first-order valence-electron chi connectivity index (χ1n) is 5.50. The molecule has 18 heavy (non-hydrogen) atoms. The van der Waals surface area contributed by atoms with Crippen LogP contribution >= 0.6 is 0 Å². The van der Waals surface area contributed by atoms with E-state index in [1.165, 1.54) is 4.90 Å². The van der Waals surface area contributed by atoms with Crippen LogP contribution < -0.4 is 0 Å². The molecular weight excluding hydrogens is 238 g/mol. The average molecular weight is 249 g/mol. The van der Waals surface area contributed by atoms with Crippen molar-refractivity contribution in [3.8, 4) is 0 Å². The van der Waals surface area contributed by atoms with Crippen LogP contribution in [-0.4, -0.2) is 47.3 Å². The molecule has 1 amide bonds. The zero-order valence-corrected chi connectivity index (χ0v) is 9.44. The molecule has 0 aromatic carbocycles. The van der Waals surface area contributed by atoms with Gasteiger partial charge in [-0.3, -0.25) is 0 Å². The third-order valence-corrected chi connectivity index (χ3v) is 2.99. The molecule has 0 saturated carbocycles. The van der Waals surface area contributed by atoms with Gasteiger partial charge in [-0.25, -0.2) is 14.3 Å². The smallest absolute Gasteiger partial charge is 0.407 e. The molecule has 0 radical (unpaired) electrons. The fourth-order valence-corrected chi connectivity index (χ4v) is 2.11. The van der Waals surface area contributed by atoms with Gasteiger partial charge in [0.2, 0.25) is 0 Å². The van der Waals surface area contributed by atoms with Gasteiger partial charge in [0.1, 0.15) is 6.61 Å². The van der Waals surface area contributed by atoms with E-state index in [9.17, 15) is 4.79 Å². The van der Waals surface area contributed by atoms with Crippen molar-refractivity contribution >= 4 is 11.9 Å². The number of rotatable bonds is 1. The van der Waals surface area contributed by atoms with E-state index in [1.807, 2.05) is 0 Å². The Kier molecular flexibility index (Phi) is 2.37. The SMILES string of the molecule is O=C(O)N1CCc2c(cnc3nc(CO)nn23)C1. The highest BCUT2D eigenvalue weighted by atomic mass is 16.4. The summed E-state index contributed by atoms with van der Waals surface area (Å²) in [6.07, 6.45) is 1.25. The monoisotopic (exact) mass is 249 g/mol. The number of nitrogens with zero attached hydrogens (tertiary/aromatic N) is 5. The largest absolute Gasteiger partial charge is 0.465 e. The first-order valence-corrected chi connectivity index (χ1v) is 5.50. The summed E-state index contributed by atoms with van der Waals surface area (Å²) in [5.74, 6) is 0.748. The van der Waals surface area contributed by atoms with E-state index < -0.39 is 6.09 Å². The lowest BCUT2D eigenvalue weighted by Gasteiger charge is -2.25. The molecular formula is C10H11N5O3. The Morgan fingerprint density at radius 3 is 3.06 bits per heavy atom. The number of hydrogen-bond donors (Lipinski definition) is 2. The highest BCUT2D eigenvalue weighted by molar-refractivity contribution is 5.65. The first kappa shape index (κ1) is 10.9. The van der Waals surface area contributed by atoms with Gasteiger partial charge in [-0.05, 0) is 0 Å². The van der Waals surface area contributed by atoms with Gasteiger partial charge < -0.3 is 15.1 Å². The Labute approximate surface area is 102 Å². The second kappa shape index (κ2) is 3.91. The van der Waals surface area contributed by atoms with Gasteiger partial charge in [-0.15, -0.1) is 5.10 Å².